The molecule has 1 rings (SSSR count). The zero-order chi connectivity index (χ0) is 13.7. The first-order valence-corrected chi connectivity index (χ1v) is 6.12. The molecule has 1 heterocycles. The quantitative estimate of drug-likeness (QED) is 0.425. The van der Waals surface area contributed by atoms with Crippen molar-refractivity contribution in [3.05, 3.63) is 10.7 Å². The van der Waals surface area contributed by atoms with Crippen LogP contribution in [0.15, 0.2) is 10.7 Å². The van der Waals surface area contributed by atoms with Crippen molar-refractivity contribution in [2.45, 2.75) is 19.9 Å². The number of anilines is 2. The predicted molar refractivity (Wildman–Crippen MR) is 71.8 cm³/mol. The first kappa shape index (κ1) is 14.7. The molecule has 0 fully saturated rings. The minimum absolute atomic E-state index is 0.0496. The second kappa shape index (κ2) is 6.50. The van der Waals surface area contributed by atoms with Gasteiger partial charge in [0.25, 0.3) is 0 Å². The minimum atomic E-state index is -0.494. The standard InChI is InChI=1S/C10H16BrN5O2/c1-5(2)7(9(17)18-3)14-8-6(11)4-13-10(15-8)16-12/h4-5,7H,12H2,1-3H3,(H2,13,14,15,16). The molecule has 0 amide bonds. The van der Waals surface area contributed by atoms with E-state index in [0.29, 0.717) is 10.3 Å². The van der Waals surface area contributed by atoms with E-state index >= 15 is 0 Å². The maximum Gasteiger partial charge on any atom is 0.328 e. The Morgan fingerprint density at radius 1 is 1.56 bits per heavy atom. The molecule has 7 nitrogen and oxygen atoms in total. The van der Waals surface area contributed by atoms with Gasteiger partial charge in [0.05, 0.1) is 11.6 Å². The summed E-state index contributed by atoms with van der Waals surface area (Å²) in [4.78, 5) is 19.7. The van der Waals surface area contributed by atoms with Gasteiger partial charge >= 0.3 is 5.97 Å². The molecule has 0 spiro atoms. The molecule has 0 bridgehead atoms. The molecule has 1 aromatic rings. The topological polar surface area (TPSA) is 102 Å². The first-order valence-electron chi connectivity index (χ1n) is 5.33. The number of nitrogens with zero attached hydrogens (tertiary/aromatic N) is 2. The van der Waals surface area contributed by atoms with Gasteiger partial charge in [-0.1, -0.05) is 13.8 Å². The second-order valence-corrected chi connectivity index (χ2v) is 4.78. The molecule has 18 heavy (non-hydrogen) atoms. The summed E-state index contributed by atoms with van der Waals surface area (Å²) in [5, 5.41) is 3.00. The van der Waals surface area contributed by atoms with E-state index < -0.39 is 6.04 Å². The van der Waals surface area contributed by atoms with E-state index in [9.17, 15) is 4.79 Å². The van der Waals surface area contributed by atoms with E-state index in [0.717, 1.165) is 0 Å². The summed E-state index contributed by atoms with van der Waals surface area (Å²) < 4.78 is 5.38. The van der Waals surface area contributed by atoms with Crippen LogP contribution in [-0.2, 0) is 9.53 Å². The van der Waals surface area contributed by atoms with E-state index in [1.54, 1.807) is 6.20 Å². The Labute approximate surface area is 114 Å². The molecule has 1 unspecified atom stereocenters. The van der Waals surface area contributed by atoms with Crippen LogP contribution in [0.2, 0.25) is 0 Å². The van der Waals surface area contributed by atoms with Gasteiger partial charge in [-0.05, 0) is 21.8 Å². The minimum Gasteiger partial charge on any atom is -0.467 e. The Kier molecular flexibility index (Phi) is 5.29. The summed E-state index contributed by atoms with van der Waals surface area (Å²) >= 11 is 3.30. The molecule has 4 N–H and O–H groups in total. The lowest BCUT2D eigenvalue weighted by molar-refractivity contribution is -0.142. The van der Waals surface area contributed by atoms with Gasteiger partial charge in [-0.2, -0.15) is 4.98 Å². The van der Waals surface area contributed by atoms with E-state index in [4.69, 9.17) is 10.6 Å². The van der Waals surface area contributed by atoms with Crippen LogP contribution in [0.4, 0.5) is 11.8 Å². The number of hydrogen-bond acceptors (Lipinski definition) is 7. The van der Waals surface area contributed by atoms with Gasteiger partial charge in [-0.15, -0.1) is 0 Å². The van der Waals surface area contributed by atoms with Crippen molar-refractivity contribution < 1.29 is 9.53 Å². The van der Waals surface area contributed by atoms with Crippen molar-refractivity contribution in [3.63, 3.8) is 0 Å². The summed E-state index contributed by atoms with van der Waals surface area (Å²) in [6, 6.07) is -0.494. The van der Waals surface area contributed by atoms with Gasteiger partial charge in [-0.25, -0.2) is 15.6 Å². The molecule has 0 aromatic carbocycles. The normalized spacial score (nSPS) is 12.1. The third kappa shape index (κ3) is 3.54. The van der Waals surface area contributed by atoms with Crippen molar-refractivity contribution in [1.29, 1.82) is 0 Å². The fourth-order valence-corrected chi connectivity index (χ4v) is 1.62. The van der Waals surface area contributed by atoms with Gasteiger partial charge in [0.15, 0.2) is 0 Å². The SMILES string of the molecule is COC(=O)C(Nc1nc(NN)ncc1Br)C(C)C. The molecular formula is C10H16BrN5O2. The zero-order valence-corrected chi connectivity index (χ0v) is 12.0. The summed E-state index contributed by atoms with van der Waals surface area (Å²) in [5.74, 6) is 5.67. The molecule has 0 aliphatic rings. The molecule has 1 atom stereocenters. The van der Waals surface area contributed by atoms with Crippen LogP contribution in [0, 0.1) is 5.92 Å². The van der Waals surface area contributed by atoms with Crippen LogP contribution in [0.25, 0.3) is 0 Å². The third-order valence-corrected chi connectivity index (χ3v) is 2.87. The maximum atomic E-state index is 11.6. The number of rotatable bonds is 5. The number of esters is 1. The highest BCUT2D eigenvalue weighted by atomic mass is 79.9. The van der Waals surface area contributed by atoms with E-state index in [2.05, 4.69) is 36.6 Å². The molecule has 8 heteroatoms. The lowest BCUT2D eigenvalue weighted by Crippen LogP contribution is -2.36. The predicted octanol–water partition coefficient (Wildman–Crippen LogP) is 1.13. The molecule has 100 valence electrons. The van der Waals surface area contributed by atoms with Crippen LogP contribution >= 0.6 is 15.9 Å². The molecule has 0 radical (unpaired) electrons. The Morgan fingerprint density at radius 2 is 2.22 bits per heavy atom. The molecule has 0 saturated heterocycles. The number of aromatic nitrogens is 2. The number of halogens is 1. The molecule has 0 saturated carbocycles. The van der Waals surface area contributed by atoms with E-state index in [1.807, 2.05) is 13.8 Å². The van der Waals surface area contributed by atoms with Crippen molar-refractivity contribution in [3.8, 4) is 0 Å². The zero-order valence-electron chi connectivity index (χ0n) is 10.4. The number of methoxy groups -OCH3 is 1. The third-order valence-electron chi connectivity index (χ3n) is 2.29. The fourth-order valence-electron chi connectivity index (χ4n) is 1.31. The number of nitrogens with one attached hydrogen (secondary N) is 2. The number of carbonyl (C=O) groups is 1. The van der Waals surface area contributed by atoms with E-state index in [1.165, 1.54) is 7.11 Å². The monoisotopic (exact) mass is 317 g/mol. The summed E-state index contributed by atoms with van der Waals surface area (Å²) in [6.07, 6.45) is 1.54. The van der Waals surface area contributed by atoms with Gasteiger partial charge in [0.1, 0.15) is 11.9 Å². The molecule has 1 aromatic heterocycles. The van der Waals surface area contributed by atoms with Gasteiger partial charge < -0.3 is 10.1 Å². The number of nitrogen functional groups attached to an aromatic ring is 1. The Bertz CT molecular complexity index is 427. The van der Waals surface area contributed by atoms with Crippen LogP contribution < -0.4 is 16.6 Å². The molecular weight excluding hydrogens is 302 g/mol. The molecule has 0 aliphatic carbocycles. The Morgan fingerprint density at radius 3 is 2.72 bits per heavy atom. The highest BCUT2D eigenvalue weighted by Crippen LogP contribution is 2.22. The van der Waals surface area contributed by atoms with Crippen LogP contribution in [-0.4, -0.2) is 29.1 Å². The van der Waals surface area contributed by atoms with Crippen LogP contribution in [0.1, 0.15) is 13.8 Å². The van der Waals surface area contributed by atoms with E-state index in [-0.39, 0.29) is 17.8 Å². The lowest BCUT2D eigenvalue weighted by atomic mass is 10.0. The number of nitrogens with two attached hydrogens (primary N) is 1. The number of ether oxygens (including phenoxy) is 1. The first-order chi connectivity index (χ1) is 8.49. The van der Waals surface area contributed by atoms with Crippen LogP contribution in [0.5, 0.6) is 0 Å². The number of hydrazine groups is 1. The molecule has 0 aliphatic heterocycles. The Hall–Kier alpha value is -1.41. The number of carbonyl (C=O) groups excluding carboxylic acids is 1. The lowest BCUT2D eigenvalue weighted by Gasteiger charge is -2.21. The Balaban J connectivity index is 2.96. The van der Waals surface area contributed by atoms with Crippen LogP contribution in [0.3, 0.4) is 0 Å². The van der Waals surface area contributed by atoms with Crippen molar-refractivity contribution in [2.75, 3.05) is 17.9 Å². The van der Waals surface area contributed by atoms with Crippen molar-refractivity contribution in [1.82, 2.24) is 9.97 Å². The summed E-state index contributed by atoms with van der Waals surface area (Å²) in [5.41, 5.74) is 2.34. The van der Waals surface area contributed by atoms with Gasteiger partial charge in [0, 0.05) is 6.20 Å². The fraction of sp³-hybridized carbons (Fsp3) is 0.500. The highest BCUT2D eigenvalue weighted by Gasteiger charge is 2.24. The largest absolute Gasteiger partial charge is 0.467 e. The average molecular weight is 318 g/mol. The van der Waals surface area contributed by atoms with Gasteiger partial charge in [0.2, 0.25) is 5.95 Å². The second-order valence-electron chi connectivity index (χ2n) is 3.92. The maximum absolute atomic E-state index is 11.6. The number of hydrogen-bond donors (Lipinski definition) is 3. The van der Waals surface area contributed by atoms with Gasteiger partial charge in [-0.3, -0.25) is 5.43 Å². The smallest absolute Gasteiger partial charge is 0.328 e. The van der Waals surface area contributed by atoms with Crippen molar-refractivity contribution >= 4 is 33.7 Å². The average Bonchev–Trinajstić information content (AvgIpc) is 2.36. The van der Waals surface area contributed by atoms with Crippen molar-refractivity contribution in [2.24, 2.45) is 11.8 Å². The highest BCUT2D eigenvalue weighted by molar-refractivity contribution is 9.10. The summed E-state index contributed by atoms with van der Waals surface area (Å²) in [7, 11) is 1.35. The summed E-state index contributed by atoms with van der Waals surface area (Å²) in [6.45, 7) is 3.82.